The number of hydrogen-bond acceptors (Lipinski definition) is 7. The van der Waals surface area contributed by atoms with Gasteiger partial charge in [-0.25, -0.2) is 18.0 Å². The van der Waals surface area contributed by atoms with Crippen LogP contribution in [0.3, 0.4) is 0 Å². The molecule has 3 aromatic rings. The number of thiophene rings is 1. The van der Waals surface area contributed by atoms with Crippen molar-refractivity contribution in [2.75, 3.05) is 6.54 Å². The van der Waals surface area contributed by atoms with Gasteiger partial charge in [-0.3, -0.25) is 4.79 Å². The van der Waals surface area contributed by atoms with E-state index in [0.717, 1.165) is 27.3 Å². The predicted octanol–water partition coefficient (Wildman–Crippen LogP) is 3.43. The summed E-state index contributed by atoms with van der Waals surface area (Å²) >= 11 is 1.11. The standard InChI is InChI=1S/C23H19F3N2O6S2/c1-14-7-9-15(10-8-14)18-11-12-19(35-18)20(29)27-13-17(21(30)34-22(31)23(24,25)26)28-36(32,33)16-5-3-2-4-6-16/h2-12,17,28H,13H2,1H3,(H,27,29). The maximum absolute atomic E-state index is 12.6. The van der Waals surface area contributed by atoms with Crippen molar-refractivity contribution in [3.8, 4) is 10.4 Å². The van der Waals surface area contributed by atoms with Gasteiger partial charge in [0.25, 0.3) is 5.91 Å². The molecule has 2 N–H and O–H groups in total. The van der Waals surface area contributed by atoms with E-state index in [1.165, 1.54) is 36.4 Å². The lowest BCUT2D eigenvalue weighted by molar-refractivity contribution is -0.202. The maximum atomic E-state index is 12.6. The van der Waals surface area contributed by atoms with Gasteiger partial charge in [0.2, 0.25) is 10.0 Å². The van der Waals surface area contributed by atoms with E-state index in [9.17, 15) is 36.0 Å². The van der Waals surface area contributed by atoms with E-state index in [-0.39, 0.29) is 9.77 Å². The highest BCUT2D eigenvalue weighted by Gasteiger charge is 2.44. The van der Waals surface area contributed by atoms with Crippen LogP contribution < -0.4 is 10.0 Å². The molecule has 1 aromatic heterocycles. The summed E-state index contributed by atoms with van der Waals surface area (Å²) in [5.74, 6) is -5.36. The molecule has 0 fully saturated rings. The van der Waals surface area contributed by atoms with Crippen molar-refractivity contribution in [3.05, 3.63) is 77.2 Å². The lowest BCUT2D eigenvalue weighted by Gasteiger charge is -2.18. The average molecular weight is 541 g/mol. The Bertz CT molecular complexity index is 1350. The fraction of sp³-hybridized carbons (Fsp3) is 0.174. The molecule has 0 saturated carbocycles. The van der Waals surface area contributed by atoms with Crippen LogP contribution in [0.15, 0.2) is 71.6 Å². The van der Waals surface area contributed by atoms with Gasteiger partial charge in [-0.05, 0) is 36.8 Å². The summed E-state index contributed by atoms with van der Waals surface area (Å²) in [6.45, 7) is 1.14. The predicted molar refractivity (Wildman–Crippen MR) is 125 cm³/mol. The van der Waals surface area contributed by atoms with Gasteiger partial charge in [-0.1, -0.05) is 48.0 Å². The number of ether oxygens (including phenoxy) is 1. The number of rotatable bonds is 8. The molecule has 0 saturated heterocycles. The number of hydrogen-bond donors (Lipinski definition) is 2. The molecule has 8 nitrogen and oxygen atoms in total. The molecule has 3 rings (SSSR count). The van der Waals surface area contributed by atoms with E-state index >= 15 is 0 Å². The van der Waals surface area contributed by atoms with E-state index in [1.54, 1.807) is 6.07 Å². The van der Waals surface area contributed by atoms with Crippen LogP contribution in [-0.2, 0) is 24.3 Å². The lowest BCUT2D eigenvalue weighted by Crippen LogP contribution is -2.50. The lowest BCUT2D eigenvalue weighted by atomic mass is 10.1. The molecule has 13 heteroatoms. The third-order valence-electron chi connectivity index (χ3n) is 4.69. The first kappa shape index (κ1) is 27.0. The number of sulfonamides is 1. The number of aryl methyl sites for hydroxylation is 1. The van der Waals surface area contributed by atoms with Crippen LogP contribution >= 0.6 is 11.3 Å². The van der Waals surface area contributed by atoms with Gasteiger partial charge in [0, 0.05) is 11.4 Å². The third-order valence-corrected chi connectivity index (χ3v) is 7.31. The molecule has 1 amide bonds. The smallest absolute Gasteiger partial charge is 0.385 e. The second-order valence-electron chi connectivity index (χ2n) is 7.43. The van der Waals surface area contributed by atoms with E-state index in [0.29, 0.717) is 0 Å². The SMILES string of the molecule is Cc1ccc(-c2ccc(C(=O)NCC(NS(=O)(=O)c3ccccc3)C(=O)OC(=O)C(F)(F)F)s2)cc1. The largest absolute Gasteiger partial charge is 0.491 e. The quantitative estimate of drug-likeness (QED) is 0.334. The monoisotopic (exact) mass is 540 g/mol. The first-order chi connectivity index (χ1) is 16.9. The Morgan fingerprint density at radius 3 is 2.22 bits per heavy atom. The number of amides is 1. The number of carbonyl (C=O) groups excluding carboxylic acids is 3. The Morgan fingerprint density at radius 2 is 1.61 bits per heavy atom. The number of carbonyl (C=O) groups is 3. The molecule has 1 atom stereocenters. The normalized spacial score (nSPS) is 12.6. The van der Waals surface area contributed by atoms with E-state index < -0.39 is 46.6 Å². The molecule has 0 aliphatic heterocycles. The highest BCUT2D eigenvalue weighted by molar-refractivity contribution is 7.89. The second-order valence-corrected chi connectivity index (χ2v) is 10.2. The van der Waals surface area contributed by atoms with Crippen molar-refractivity contribution < 1.29 is 40.7 Å². The van der Waals surface area contributed by atoms with E-state index in [1.807, 2.05) is 35.9 Å². The Morgan fingerprint density at radius 1 is 0.972 bits per heavy atom. The highest BCUT2D eigenvalue weighted by Crippen LogP contribution is 2.28. The molecular weight excluding hydrogens is 521 g/mol. The van der Waals surface area contributed by atoms with Crippen LogP contribution in [0, 0.1) is 6.92 Å². The summed E-state index contributed by atoms with van der Waals surface area (Å²) in [4.78, 5) is 36.6. The Balaban J connectivity index is 1.76. The summed E-state index contributed by atoms with van der Waals surface area (Å²) in [5, 5.41) is 2.29. The molecule has 2 aromatic carbocycles. The fourth-order valence-corrected chi connectivity index (χ4v) is 5.00. The second kappa shape index (κ2) is 11.0. The van der Waals surface area contributed by atoms with Gasteiger partial charge in [0.05, 0.1) is 9.77 Å². The minimum absolute atomic E-state index is 0.204. The van der Waals surface area contributed by atoms with Crippen LogP contribution in [0.4, 0.5) is 13.2 Å². The van der Waals surface area contributed by atoms with Gasteiger partial charge >= 0.3 is 18.1 Å². The molecule has 1 unspecified atom stereocenters. The Labute approximate surface area is 208 Å². The first-order valence-corrected chi connectivity index (χ1v) is 12.5. The zero-order chi connectivity index (χ0) is 26.5. The van der Waals surface area contributed by atoms with Gasteiger partial charge < -0.3 is 10.1 Å². The molecule has 0 aliphatic rings. The Hall–Kier alpha value is -3.55. The zero-order valence-corrected chi connectivity index (χ0v) is 20.2. The van der Waals surface area contributed by atoms with Gasteiger partial charge in [0.1, 0.15) is 6.04 Å². The average Bonchev–Trinajstić information content (AvgIpc) is 3.32. The molecule has 1 heterocycles. The molecule has 36 heavy (non-hydrogen) atoms. The van der Waals surface area contributed by atoms with Crippen molar-refractivity contribution >= 4 is 39.2 Å². The van der Waals surface area contributed by atoms with E-state index in [2.05, 4.69) is 10.1 Å². The molecule has 0 bridgehead atoms. The summed E-state index contributed by atoms with van der Waals surface area (Å²) in [6.07, 6.45) is -5.48. The molecule has 190 valence electrons. The van der Waals surface area contributed by atoms with Crippen molar-refractivity contribution in [2.24, 2.45) is 0 Å². The van der Waals surface area contributed by atoms with Crippen molar-refractivity contribution in [1.82, 2.24) is 10.0 Å². The highest BCUT2D eigenvalue weighted by atomic mass is 32.2. The number of nitrogens with one attached hydrogen (secondary N) is 2. The Kier molecular flexibility index (Phi) is 8.28. The third kappa shape index (κ3) is 6.99. The minimum Gasteiger partial charge on any atom is -0.385 e. The number of benzene rings is 2. The topological polar surface area (TPSA) is 119 Å². The summed E-state index contributed by atoms with van der Waals surface area (Å²) in [6, 6.07) is 15.4. The van der Waals surface area contributed by atoms with Crippen molar-refractivity contribution in [1.29, 1.82) is 0 Å². The van der Waals surface area contributed by atoms with E-state index in [4.69, 9.17) is 0 Å². The summed E-state index contributed by atoms with van der Waals surface area (Å²) in [5.41, 5.74) is 1.90. The van der Waals surface area contributed by atoms with Crippen molar-refractivity contribution in [2.45, 2.75) is 24.0 Å². The van der Waals surface area contributed by atoms with Crippen molar-refractivity contribution in [3.63, 3.8) is 0 Å². The van der Waals surface area contributed by atoms with Crippen LogP contribution in [0.1, 0.15) is 15.2 Å². The molecule has 0 radical (unpaired) electrons. The molecule has 0 spiro atoms. The fourth-order valence-electron chi connectivity index (χ4n) is 2.86. The molecular formula is C23H19F3N2O6S2. The molecule has 0 aliphatic carbocycles. The van der Waals surface area contributed by atoms with Crippen LogP contribution in [0.25, 0.3) is 10.4 Å². The minimum atomic E-state index is -5.48. The summed E-state index contributed by atoms with van der Waals surface area (Å²) in [7, 11) is -4.42. The number of halogens is 3. The number of alkyl halides is 3. The van der Waals surface area contributed by atoms with Gasteiger partial charge in [-0.2, -0.15) is 17.9 Å². The summed E-state index contributed by atoms with van der Waals surface area (Å²) < 4.78 is 68.5. The van der Waals surface area contributed by atoms with Crippen LogP contribution in [0.5, 0.6) is 0 Å². The van der Waals surface area contributed by atoms with Crippen LogP contribution in [-0.4, -0.2) is 45.0 Å². The van der Waals surface area contributed by atoms with Crippen LogP contribution in [0.2, 0.25) is 0 Å². The van der Waals surface area contributed by atoms with Gasteiger partial charge in [0.15, 0.2) is 0 Å². The zero-order valence-electron chi connectivity index (χ0n) is 18.5. The first-order valence-electron chi connectivity index (χ1n) is 10.2. The maximum Gasteiger partial charge on any atom is 0.491 e. The number of esters is 2. The van der Waals surface area contributed by atoms with Gasteiger partial charge in [-0.15, -0.1) is 11.3 Å².